The van der Waals surface area contributed by atoms with Crippen molar-refractivity contribution in [1.29, 1.82) is 0 Å². The highest BCUT2D eigenvalue weighted by Gasteiger charge is 2.29. The van der Waals surface area contributed by atoms with Crippen LogP contribution in [-0.4, -0.2) is 82.3 Å². The summed E-state index contributed by atoms with van der Waals surface area (Å²) in [5.41, 5.74) is 0.603. The number of benzene rings is 1. The average molecular weight is 456 g/mol. The molecule has 1 aliphatic heterocycles. The monoisotopic (exact) mass is 455 g/mol. The fourth-order valence-electron chi connectivity index (χ4n) is 3.60. The highest BCUT2D eigenvalue weighted by Crippen LogP contribution is 2.27. The minimum absolute atomic E-state index is 0.00145. The zero-order chi connectivity index (χ0) is 23.3. The largest absolute Gasteiger partial charge is 0.491 e. The summed E-state index contributed by atoms with van der Waals surface area (Å²) in [5.74, 6) is -0.000784. The number of nitrogens with one attached hydrogen (secondary N) is 1. The van der Waals surface area contributed by atoms with Crippen LogP contribution < -0.4 is 9.46 Å². The number of methoxy groups -OCH3 is 1. The van der Waals surface area contributed by atoms with Crippen molar-refractivity contribution in [2.24, 2.45) is 5.92 Å². The van der Waals surface area contributed by atoms with E-state index in [1.54, 1.807) is 24.0 Å². The van der Waals surface area contributed by atoms with Crippen LogP contribution >= 0.6 is 0 Å². The van der Waals surface area contributed by atoms with E-state index < -0.39 is 10.0 Å². The number of fused-ring (bicyclic) bond motifs is 1. The van der Waals surface area contributed by atoms with Crippen LogP contribution in [0.5, 0.6) is 5.75 Å². The van der Waals surface area contributed by atoms with Crippen LogP contribution in [0.3, 0.4) is 0 Å². The van der Waals surface area contributed by atoms with Crippen LogP contribution in [0, 0.1) is 5.92 Å². The number of rotatable bonds is 4. The van der Waals surface area contributed by atoms with Gasteiger partial charge in [0, 0.05) is 45.7 Å². The Kier molecular flexibility index (Phi) is 8.30. The first-order valence-corrected chi connectivity index (χ1v) is 12.2. The first-order chi connectivity index (χ1) is 14.5. The van der Waals surface area contributed by atoms with E-state index in [9.17, 15) is 18.0 Å². The molecular formula is C21H33N3O6S. The number of anilines is 1. The van der Waals surface area contributed by atoms with Gasteiger partial charge in [-0.15, -0.1) is 0 Å². The Bertz CT molecular complexity index is 904. The van der Waals surface area contributed by atoms with E-state index in [4.69, 9.17) is 9.47 Å². The lowest BCUT2D eigenvalue weighted by Crippen LogP contribution is -2.48. The summed E-state index contributed by atoms with van der Waals surface area (Å²) in [6, 6.07) is 4.30. The molecule has 0 saturated heterocycles. The summed E-state index contributed by atoms with van der Waals surface area (Å²) >= 11 is 0. The lowest BCUT2D eigenvalue weighted by Gasteiger charge is -2.36. The number of likely N-dealkylation sites (N-methyl/N-ethyl adjacent to an activating group) is 1. The molecule has 174 valence electrons. The van der Waals surface area contributed by atoms with Crippen molar-refractivity contribution in [3.05, 3.63) is 23.8 Å². The van der Waals surface area contributed by atoms with Gasteiger partial charge in [-0.3, -0.25) is 14.3 Å². The fourth-order valence-corrected chi connectivity index (χ4v) is 4.16. The summed E-state index contributed by atoms with van der Waals surface area (Å²) in [6.45, 7) is 6.67. The standard InChI is InChI=1S/C21H33N3O6S/c1-7-20(25)24-11-14(2)19(29-5)12-23(4)21(26)17-9-8-16(22-31(6,27)28)10-18(17)30-13-15(24)3/h8-10,14-15,19,22H,7,11-13H2,1-6H3/t14-,15-,19+/m0/s1. The molecule has 0 bridgehead atoms. The lowest BCUT2D eigenvalue weighted by molar-refractivity contribution is -0.135. The molecule has 0 saturated carbocycles. The maximum absolute atomic E-state index is 13.1. The lowest BCUT2D eigenvalue weighted by atomic mass is 10.0. The van der Waals surface area contributed by atoms with Gasteiger partial charge in [-0.2, -0.15) is 0 Å². The maximum Gasteiger partial charge on any atom is 0.257 e. The van der Waals surface area contributed by atoms with Crippen LogP contribution in [0.15, 0.2) is 18.2 Å². The first kappa shape index (κ1) is 24.9. The van der Waals surface area contributed by atoms with Crippen LogP contribution in [0.2, 0.25) is 0 Å². The Morgan fingerprint density at radius 2 is 1.97 bits per heavy atom. The predicted molar refractivity (Wildman–Crippen MR) is 119 cm³/mol. The van der Waals surface area contributed by atoms with Crippen molar-refractivity contribution in [3.8, 4) is 5.75 Å². The van der Waals surface area contributed by atoms with Crippen molar-refractivity contribution in [2.75, 3.05) is 44.8 Å². The zero-order valence-corrected chi connectivity index (χ0v) is 19.9. The number of carbonyl (C=O) groups excluding carboxylic acids is 2. The molecule has 10 heteroatoms. The third kappa shape index (κ3) is 6.57. The first-order valence-electron chi connectivity index (χ1n) is 10.3. The van der Waals surface area contributed by atoms with E-state index in [1.807, 2.05) is 20.8 Å². The van der Waals surface area contributed by atoms with E-state index in [0.29, 0.717) is 30.8 Å². The van der Waals surface area contributed by atoms with E-state index in [0.717, 1.165) is 6.26 Å². The molecule has 1 aliphatic rings. The molecule has 3 atom stereocenters. The highest BCUT2D eigenvalue weighted by molar-refractivity contribution is 7.92. The van der Waals surface area contributed by atoms with Crippen LogP contribution in [0.25, 0.3) is 0 Å². The quantitative estimate of drug-likeness (QED) is 0.742. The van der Waals surface area contributed by atoms with Gasteiger partial charge in [0.1, 0.15) is 12.4 Å². The molecule has 2 amide bonds. The van der Waals surface area contributed by atoms with Crippen molar-refractivity contribution in [3.63, 3.8) is 0 Å². The molecule has 1 N–H and O–H groups in total. The molecule has 0 aliphatic carbocycles. The van der Waals surface area contributed by atoms with Crippen molar-refractivity contribution in [2.45, 2.75) is 39.3 Å². The second-order valence-corrected chi connectivity index (χ2v) is 9.83. The van der Waals surface area contributed by atoms with E-state index in [2.05, 4.69) is 4.72 Å². The third-order valence-corrected chi connectivity index (χ3v) is 5.98. The number of carbonyl (C=O) groups is 2. The molecule has 9 nitrogen and oxygen atoms in total. The summed E-state index contributed by atoms with van der Waals surface area (Å²) in [4.78, 5) is 29.0. The fraction of sp³-hybridized carbons (Fsp3) is 0.619. The molecule has 0 aromatic heterocycles. The summed E-state index contributed by atoms with van der Waals surface area (Å²) < 4.78 is 37.2. The van der Waals surface area contributed by atoms with Crippen LogP contribution in [0.1, 0.15) is 37.6 Å². The zero-order valence-electron chi connectivity index (χ0n) is 19.0. The second kappa shape index (κ2) is 10.3. The van der Waals surface area contributed by atoms with Gasteiger partial charge in [-0.1, -0.05) is 13.8 Å². The molecule has 0 radical (unpaired) electrons. The Balaban J connectivity index is 2.48. The number of amides is 2. The minimum atomic E-state index is -3.49. The van der Waals surface area contributed by atoms with Crippen LogP contribution in [0.4, 0.5) is 5.69 Å². The van der Waals surface area contributed by atoms with Gasteiger partial charge < -0.3 is 19.3 Å². The van der Waals surface area contributed by atoms with Crippen LogP contribution in [-0.2, 0) is 19.6 Å². The van der Waals surface area contributed by atoms with E-state index in [-0.39, 0.29) is 42.2 Å². The van der Waals surface area contributed by atoms with Gasteiger partial charge in [-0.05, 0) is 19.1 Å². The van der Waals surface area contributed by atoms with Gasteiger partial charge in [0.25, 0.3) is 5.91 Å². The normalized spacial score (nSPS) is 23.3. The SMILES string of the molecule is CCC(=O)N1C[C@H](C)[C@H](OC)CN(C)C(=O)c2ccc(NS(C)(=O)=O)cc2OC[C@@H]1C. The highest BCUT2D eigenvalue weighted by atomic mass is 32.2. The molecule has 0 fully saturated rings. The van der Waals surface area contributed by atoms with E-state index in [1.165, 1.54) is 18.2 Å². The smallest absolute Gasteiger partial charge is 0.257 e. The van der Waals surface area contributed by atoms with E-state index >= 15 is 0 Å². The van der Waals surface area contributed by atoms with Gasteiger partial charge in [0.05, 0.1) is 29.7 Å². The number of ether oxygens (including phenoxy) is 2. The predicted octanol–water partition coefficient (Wildman–Crippen LogP) is 1.80. The molecule has 1 aromatic rings. The molecule has 1 heterocycles. The van der Waals surface area contributed by atoms with Crippen molar-refractivity contribution >= 4 is 27.5 Å². The third-order valence-electron chi connectivity index (χ3n) is 5.37. The van der Waals surface area contributed by atoms with Gasteiger partial charge in [0.15, 0.2) is 0 Å². The number of hydrogen-bond acceptors (Lipinski definition) is 6. The molecule has 31 heavy (non-hydrogen) atoms. The van der Waals surface area contributed by atoms with Crippen molar-refractivity contribution in [1.82, 2.24) is 9.80 Å². The Morgan fingerprint density at radius 1 is 1.29 bits per heavy atom. The minimum Gasteiger partial charge on any atom is -0.491 e. The summed E-state index contributed by atoms with van der Waals surface area (Å²) in [6.07, 6.45) is 1.16. The number of sulfonamides is 1. The Labute approximate surface area is 184 Å². The van der Waals surface area contributed by atoms with Crippen molar-refractivity contribution < 1.29 is 27.5 Å². The molecule has 0 unspecified atom stereocenters. The average Bonchev–Trinajstić information content (AvgIpc) is 2.70. The second-order valence-electron chi connectivity index (χ2n) is 8.08. The molecule has 2 rings (SSSR count). The Morgan fingerprint density at radius 3 is 2.55 bits per heavy atom. The summed E-state index contributed by atoms with van der Waals surface area (Å²) in [5, 5.41) is 0. The van der Waals surface area contributed by atoms with Gasteiger partial charge in [-0.25, -0.2) is 8.42 Å². The molecule has 1 aromatic carbocycles. The summed E-state index contributed by atoms with van der Waals surface area (Å²) in [7, 11) is -0.214. The molecular weight excluding hydrogens is 422 g/mol. The van der Waals surface area contributed by atoms with Gasteiger partial charge >= 0.3 is 0 Å². The Hall–Kier alpha value is -2.33. The number of nitrogens with zero attached hydrogens (tertiary/aromatic N) is 2. The molecule has 0 spiro atoms. The maximum atomic E-state index is 13.1. The van der Waals surface area contributed by atoms with Gasteiger partial charge in [0.2, 0.25) is 15.9 Å². The topological polar surface area (TPSA) is 105 Å². The number of hydrogen-bond donors (Lipinski definition) is 1.